The van der Waals surface area contributed by atoms with Crippen molar-refractivity contribution in [3.05, 3.63) is 35.8 Å². The fraction of sp³-hybridized carbons (Fsp3) is 0.579. The van der Waals surface area contributed by atoms with E-state index in [1.165, 1.54) is 0 Å². The standard InChI is InChI=1S/C19H28N6O/c1-5-14-11-25(17-6-8-20-18(24-17)12(2)3)9-7-15(14)23-19(26)16-10-21-13(4)22-16/h6,8,10,12,14-15H,5,7,9,11H2,1-4H3,(H,21,22)(H,23,26). The highest BCUT2D eigenvalue weighted by atomic mass is 16.2. The first kappa shape index (κ1) is 18.4. The van der Waals surface area contributed by atoms with Crippen molar-refractivity contribution >= 4 is 11.7 Å². The average Bonchev–Trinajstić information content (AvgIpc) is 3.08. The number of aromatic amines is 1. The highest BCUT2D eigenvalue weighted by Gasteiger charge is 2.30. The van der Waals surface area contributed by atoms with E-state index in [0.29, 0.717) is 17.5 Å². The zero-order chi connectivity index (χ0) is 18.7. The predicted molar refractivity (Wildman–Crippen MR) is 101 cm³/mol. The molecule has 0 aromatic carbocycles. The number of aromatic nitrogens is 4. The number of nitrogens with zero attached hydrogens (tertiary/aromatic N) is 4. The summed E-state index contributed by atoms with van der Waals surface area (Å²) in [6, 6.07) is 2.14. The number of carbonyl (C=O) groups excluding carboxylic acids is 1. The molecule has 0 saturated carbocycles. The number of hydrogen-bond acceptors (Lipinski definition) is 5. The molecule has 1 amide bonds. The number of nitrogens with one attached hydrogen (secondary N) is 2. The van der Waals surface area contributed by atoms with E-state index in [9.17, 15) is 4.79 Å². The first-order valence-corrected chi connectivity index (χ1v) is 9.38. The van der Waals surface area contributed by atoms with Crippen LogP contribution in [0, 0.1) is 12.8 Å². The molecule has 2 N–H and O–H groups in total. The van der Waals surface area contributed by atoms with E-state index < -0.39 is 0 Å². The molecule has 2 aromatic rings. The largest absolute Gasteiger partial charge is 0.356 e. The van der Waals surface area contributed by atoms with Crippen LogP contribution in [0.5, 0.6) is 0 Å². The third kappa shape index (κ3) is 4.03. The number of imidazole rings is 1. The minimum atomic E-state index is -0.0772. The fourth-order valence-electron chi connectivity index (χ4n) is 3.44. The summed E-state index contributed by atoms with van der Waals surface area (Å²) in [6.45, 7) is 9.99. The van der Waals surface area contributed by atoms with E-state index >= 15 is 0 Å². The van der Waals surface area contributed by atoms with Gasteiger partial charge >= 0.3 is 0 Å². The van der Waals surface area contributed by atoms with Crippen LogP contribution in [-0.2, 0) is 0 Å². The molecule has 2 aromatic heterocycles. The Labute approximate surface area is 154 Å². The topological polar surface area (TPSA) is 86.8 Å². The van der Waals surface area contributed by atoms with Crippen LogP contribution in [0.15, 0.2) is 18.5 Å². The zero-order valence-corrected chi connectivity index (χ0v) is 16.0. The van der Waals surface area contributed by atoms with Gasteiger partial charge in [-0.3, -0.25) is 4.79 Å². The van der Waals surface area contributed by atoms with Crippen LogP contribution >= 0.6 is 0 Å². The summed E-state index contributed by atoms with van der Waals surface area (Å²) < 4.78 is 0. The summed E-state index contributed by atoms with van der Waals surface area (Å²) in [7, 11) is 0. The average molecular weight is 356 g/mol. The van der Waals surface area contributed by atoms with Crippen molar-refractivity contribution in [3.63, 3.8) is 0 Å². The summed E-state index contributed by atoms with van der Waals surface area (Å²) in [6.07, 6.45) is 5.34. The Morgan fingerprint density at radius 2 is 2.23 bits per heavy atom. The van der Waals surface area contributed by atoms with Crippen LogP contribution in [0.4, 0.5) is 5.82 Å². The number of hydrogen-bond donors (Lipinski definition) is 2. The molecular formula is C19H28N6O. The number of anilines is 1. The van der Waals surface area contributed by atoms with E-state index in [-0.39, 0.29) is 11.9 Å². The van der Waals surface area contributed by atoms with Gasteiger partial charge in [-0.25, -0.2) is 15.0 Å². The number of H-pyrrole nitrogens is 1. The SMILES string of the molecule is CCC1CN(c2ccnc(C(C)C)n2)CCC1NC(=O)c1cnc(C)[nH]1. The third-order valence-electron chi connectivity index (χ3n) is 5.02. The highest BCUT2D eigenvalue weighted by Crippen LogP contribution is 2.25. The minimum absolute atomic E-state index is 0.0772. The number of rotatable bonds is 5. The molecule has 0 radical (unpaired) electrons. The lowest BCUT2D eigenvalue weighted by Crippen LogP contribution is -2.51. The quantitative estimate of drug-likeness (QED) is 0.860. The van der Waals surface area contributed by atoms with Gasteiger partial charge in [0.25, 0.3) is 5.91 Å². The molecule has 2 atom stereocenters. The molecule has 1 fully saturated rings. The molecule has 2 unspecified atom stereocenters. The first-order chi connectivity index (χ1) is 12.5. The molecule has 1 saturated heterocycles. The zero-order valence-electron chi connectivity index (χ0n) is 16.0. The van der Waals surface area contributed by atoms with Crippen LogP contribution in [-0.4, -0.2) is 45.0 Å². The summed E-state index contributed by atoms with van der Waals surface area (Å²) in [4.78, 5) is 30.9. The lowest BCUT2D eigenvalue weighted by Gasteiger charge is -2.39. The monoisotopic (exact) mass is 356 g/mol. The van der Waals surface area contributed by atoms with E-state index in [2.05, 4.69) is 45.9 Å². The Morgan fingerprint density at radius 1 is 1.42 bits per heavy atom. The van der Waals surface area contributed by atoms with Crippen LogP contribution in [0.1, 0.15) is 61.7 Å². The summed E-state index contributed by atoms with van der Waals surface area (Å²) in [5, 5.41) is 3.18. The minimum Gasteiger partial charge on any atom is -0.356 e. The van der Waals surface area contributed by atoms with Crippen LogP contribution in [0.3, 0.4) is 0 Å². The number of aryl methyl sites for hydroxylation is 1. The molecule has 3 rings (SSSR count). The molecule has 140 valence electrons. The molecule has 3 heterocycles. The second kappa shape index (κ2) is 7.85. The van der Waals surface area contributed by atoms with Crippen LogP contribution < -0.4 is 10.2 Å². The molecule has 1 aliphatic rings. The Bertz CT molecular complexity index is 756. The van der Waals surface area contributed by atoms with E-state index in [1.54, 1.807) is 6.20 Å². The lowest BCUT2D eigenvalue weighted by atomic mass is 9.89. The van der Waals surface area contributed by atoms with Gasteiger partial charge in [0.05, 0.1) is 6.20 Å². The second-order valence-electron chi connectivity index (χ2n) is 7.29. The Morgan fingerprint density at radius 3 is 2.88 bits per heavy atom. The van der Waals surface area contributed by atoms with Gasteiger partial charge in [-0.2, -0.15) is 0 Å². The van der Waals surface area contributed by atoms with Gasteiger partial charge in [0.2, 0.25) is 0 Å². The predicted octanol–water partition coefficient (Wildman–Crippen LogP) is 2.67. The molecule has 7 nitrogen and oxygen atoms in total. The van der Waals surface area contributed by atoms with Gasteiger partial charge in [-0.15, -0.1) is 0 Å². The second-order valence-corrected chi connectivity index (χ2v) is 7.29. The van der Waals surface area contributed by atoms with Gasteiger partial charge in [0, 0.05) is 31.2 Å². The maximum Gasteiger partial charge on any atom is 0.269 e. The normalized spacial score (nSPS) is 20.4. The Balaban J connectivity index is 1.67. The van der Waals surface area contributed by atoms with Gasteiger partial charge in [0.1, 0.15) is 23.2 Å². The van der Waals surface area contributed by atoms with E-state index in [1.807, 2.05) is 19.2 Å². The van der Waals surface area contributed by atoms with Crippen molar-refractivity contribution in [2.45, 2.75) is 52.5 Å². The van der Waals surface area contributed by atoms with Crippen molar-refractivity contribution in [3.8, 4) is 0 Å². The molecular weight excluding hydrogens is 328 g/mol. The molecule has 0 spiro atoms. The Hall–Kier alpha value is -2.44. The number of amides is 1. The Kier molecular flexibility index (Phi) is 5.54. The maximum absolute atomic E-state index is 12.4. The molecule has 7 heteroatoms. The fourth-order valence-corrected chi connectivity index (χ4v) is 3.44. The van der Waals surface area contributed by atoms with Crippen LogP contribution in [0.25, 0.3) is 0 Å². The van der Waals surface area contributed by atoms with Gasteiger partial charge in [-0.1, -0.05) is 20.8 Å². The van der Waals surface area contributed by atoms with Crippen molar-refractivity contribution in [1.82, 2.24) is 25.3 Å². The van der Waals surface area contributed by atoms with Gasteiger partial charge in [0.15, 0.2) is 0 Å². The summed E-state index contributed by atoms with van der Waals surface area (Å²) in [5.41, 5.74) is 0.525. The highest BCUT2D eigenvalue weighted by molar-refractivity contribution is 5.92. The smallest absolute Gasteiger partial charge is 0.269 e. The van der Waals surface area contributed by atoms with Gasteiger partial charge in [-0.05, 0) is 31.7 Å². The van der Waals surface area contributed by atoms with E-state index in [0.717, 1.165) is 43.4 Å². The number of piperidine rings is 1. The summed E-state index contributed by atoms with van der Waals surface area (Å²) in [5.74, 6) is 3.23. The van der Waals surface area contributed by atoms with Gasteiger partial charge < -0.3 is 15.2 Å². The van der Waals surface area contributed by atoms with Crippen molar-refractivity contribution < 1.29 is 4.79 Å². The number of carbonyl (C=O) groups is 1. The van der Waals surface area contributed by atoms with Crippen molar-refractivity contribution in [2.75, 3.05) is 18.0 Å². The molecule has 1 aliphatic heterocycles. The molecule has 0 aliphatic carbocycles. The van der Waals surface area contributed by atoms with Crippen LogP contribution in [0.2, 0.25) is 0 Å². The molecule has 26 heavy (non-hydrogen) atoms. The van der Waals surface area contributed by atoms with Crippen molar-refractivity contribution in [2.24, 2.45) is 5.92 Å². The first-order valence-electron chi connectivity index (χ1n) is 9.38. The molecule has 0 bridgehead atoms. The third-order valence-corrected chi connectivity index (χ3v) is 5.02. The lowest BCUT2D eigenvalue weighted by molar-refractivity contribution is 0.0908. The van der Waals surface area contributed by atoms with Crippen molar-refractivity contribution in [1.29, 1.82) is 0 Å². The van der Waals surface area contributed by atoms with E-state index in [4.69, 9.17) is 4.98 Å². The maximum atomic E-state index is 12.4. The summed E-state index contributed by atoms with van der Waals surface area (Å²) >= 11 is 0.